The highest BCUT2D eigenvalue weighted by molar-refractivity contribution is 14.1. The fourth-order valence-electron chi connectivity index (χ4n) is 4.06. The van der Waals surface area contributed by atoms with Crippen molar-refractivity contribution in [3.05, 3.63) is 63.7 Å². The van der Waals surface area contributed by atoms with Gasteiger partial charge in [-0.05, 0) is 78.6 Å². The molecule has 1 aliphatic rings. The first-order valence-electron chi connectivity index (χ1n) is 10.4. The second-order valence-electron chi connectivity index (χ2n) is 8.11. The Hall–Kier alpha value is -2.35. The normalized spacial score (nSPS) is 18.8. The van der Waals surface area contributed by atoms with Crippen molar-refractivity contribution in [2.24, 2.45) is 0 Å². The van der Waals surface area contributed by atoms with Crippen molar-refractivity contribution in [1.29, 1.82) is 0 Å². The number of hydrogen-bond acceptors (Lipinski definition) is 4. The van der Waals surface area contributed by atoms with Crippen molar-refractivity contribution in [2.75, 3.05) is 24.3 Å². The van der Waals surface area contributed by atoms with Crippen molar-refractivity contribution >= 4 is 50.9 Å². The van der Waals surface area contributed by atoms with Gasteiger partial charge in [0.25, 0.3) is 5.91 Å². The molecule has 1 amide bonds. The number of fused-ring (bicyclic) bond motifs is 1. The summed E-state index contributed by atoms with van der Waals surface area (Å²) in [5.41, 5.74) is 2.90. The van der Waals surface area contributed by atoms with E-state index in [9.17, 15) is 4.79 Å². The molecule has 0 spiro atoms. The molecule has 30 heavy (non-hydrogen) atoms. The molecule has 3 aromatic rings. The van der Waals surface area contributed by atoms with Gasteiger partial charge in [-0.2, -0.15) is 0 Å². The van der Waals surface area contributed by atoms with Gasteiger partial charge in [0.15, 0.2) is 0 Å². The quantitative estimate of drug-likeness (QED) is 0.468. The predicted molar refractivity (Wildman–Crippen MR) is 132 cm³/mol. The van der Waals surface area contributed by atoms with Gasteiger partial charge in [-0.25, -0.2) is 4.98 Å². The highest BCUT2D eigenvalue weighted by atomic mass is 127. The van der Waals surface area contributed by atoms with Gasteiger partial charge >= 0.3 is 0 Å². The monoisotopic (exact) mass is 514 g/mol. The van der Waals surface area contributed by atoms with Crippen LogP contribution in [-0.2, 0) is 0 Å². The zero-order valence-corrected chi connectivity index (χ0v) is 19.5. The standard InChI is InChI=1S/C24H27IN4O/c1-29(2)22-15-23(28-21-6-4-3-5-20(21)22)26-18-11-13-19(14-12-18)27-24(30)16-7-9-17(25)10-8-16/h3-10,15,18-19H,11-14H2,1-2H3,(H,26,28)(H,27,30). The number of aromatic nitrogens is 1. The van der Waals surface area contributed by atoms with Crippen LogP contribution in [-0.4, -0.2) is 37.1 Å². The highest BCUT2D eigenvalue weighted by Gasteiger charge is 2.23. The molecule has 1 fully saturated rings. The number of hydrogen-bond donors (Lipinski definition) is 2. The smallest absolute Gasteiger partial charge is 0.251 e. The Kier molecular flexibility index (Phi) is 6.41. The first-order valence-corrected chi connectivity index (χ1v) is 11.5. The van der Waals surface area contributed by atoms with Crippen molar-refractivity contribution in [1.82, 2.24) is 10.3 Å². The Morgan fingerprint density at radius 1 is 1.00 bits per heavy atom. The van der Waals surface area contributed by atoms with Gasteiger partial charge in [-0.3, -0.25) is 4.79 Å². The third-order valence-electron chi connectivity index (χ3n) is 5.70. The second kappa shape index (κ2) is 9.20. The van der Waals surface area contributed by atoms with E-state index in [0.717, 1.165) is 51.5 Å². The maximum absolute atomic E-state index is 12.5. The van der Waals surface area contributed by atoms with E-state index in [4.69, 9.17) is 4.98 Å². The fraction of sp³-hybridized carbons (Fsp3) is 0.333. The zero-order chi connectivity index (χ0) is 21.1. The van der Waals surface area contributed by atoms with Crippen LogP contribution in [0.1, 0.15) is 36.0 Å². The van der Waals surface area contributed by atoms with Crippen molar-refractivity contribution < 1.29 is 4.79 Å². The van der Waals surface area contributed by atoms with Crippen LogP contribution in [0.2, 0.25) is 0 Å². The number of para-hydroxylation sites is 1. The lowest BCUT2D eigenvalue weighted by Gasteiger charge is -2.30. The molecule has 2 aromatic carbocycles. The Morgan fingerprint density at radius 3 is 2.37 bits per heavy atom. The van der Waals surface area contributed by atoms with Gasteiger partial charge in [0, 0.05) is 52.5 Å². The van der Waals surface area contributed by atoms with Gasteiger partial charge < -0.3 is 15.5 Å². The molecule has 1 aromatic heterocycles. The molecule has 156 valence electrons. The molecule has 0 atom stereocenters. The number of carbonyl (C=O) groups is 1. The summed E-state index contributed by atoms with van der Waals surface area (Å²) in [4.78, 5) is 19.4. The summed E-state index contributed by atoms with van der Waals surface area (Å²) >= 11 is 2.25. The summed E-state index contributed by atoms with van der Waals surface area (Å²) in [7, 11) is 4.13. The molecule has 5 nitrogen and oxygen atoms in total. The molecule has 1 heterocycles. The Morgan fingerprint density at radius 2 is 1.67 bits per heavy atom. The first kappa shape index (κ1) is 20.9. The van der Waals surface area contributed by atoms with Crippen LogP contribution in [0.4, 0.5) is 11.5 Å². The number of halogens is 1. The molecule has 6 heteroatoms. The lowest BCUT2D eigenvalue weighted by Crippen LogP contribution is -2.40. The van der Waals surface area contributed by atoms with E-state index in [1.807, 2.05) is 30.3 Å². The summed E-state index contributed by atoms with van der Waals surface area (Å²) < 4.78 is 1.13. The number of benzene rings is 2. The number of rotatable bonds is 5. The van der Waals surface area contributed by atoms with Crippen LogP contribution in [0.15, 0.2) is 54.6 Å². The zero-order valence-electron chi connectivity index (χ0n) is 17.4. The number of pyridine rings is 1. The highest BCUT2D eigenvalue weighted by Crippen LogP contribution is 2.29. The topological polar surface area (TPSA) is 57.3 Å². The van der Waals surface area contributed by atoms with Crippen molar-refractivity contribution in [3.8, 4) is 0 Å². The van der Waals surface area contributed by atoms with E-state index in [1.165, 1.54) is 5.69 Å². The molecular formula is C24H27IN4O. The summed E-state index contributed by atoms with van der Waals surface area (Å²) in [6.45, 7) is 0. The second-order valence-corrected chi connectivity index (χ2v) is 9.36. The minimum atomic E-state index is 0.0228. The SMILES string of the molecule is CN(C)c1cc(NC2CCC(NC(=O)c3ccc(I)cc3)CC2)nc2ccccc12. The minimum Gasteiger partial charge on any atom is -0.377 e. The maximum atomic E-state index is 12.5. The van der Waals surface area contributed by atoms with E-state index in [1.54, 1.807) is 0 Å². The van der Waals surface area contributed by atoms with E-state index >= 15 is 0 Å². The van der Waals surface area contributed by atoms with Crippen LogP contribution < -0.4 is 15.5 Å². The summed E-state index contributed by atoms with van der Waals surface area (Å²) in [5.74, 6) is 0.943. The number of nitrogens with zero attached hydrogens (tertiary/aromatic N) is 2. The van der Waals surface area contributed by atoms with Crippen molar-refractivity contribution in [3.63, 3.8) is 0 Å². The van der Waals surface area contributed by atoms with E-state index in [-0.39, 0.29) is 11.9 Å². The molecular weight excluding hydrogens is 487 g/mol. The lowest BCUT2D eigenvalue weighted by atomic mass is 9.91. The molecule has 4 rings (SSSR count). The van der Waals surface area contributed by atoms with E-state index in [2.05, 4.69) is 76.5 Å². The molecule has 0 bridgehead atoms. The van der Waals surface area contributed by atoms with Crippen LogP contribution >= 0.6 is 22.6 Å². The van der Waals surface area contributed by atoms with Crippen LogP contribution in [0.25, 0.3) is 10.9 Å². The number of nitrogens with one attached hydrogen (secondary N) is 2. The summed E-state index contributed by atoms with van der Waals surface area (Å²) in [6, 6.07) is 18.7. The molecule has 1 aliphatic carbocycles. The van der Waals surface area contributed by atoms with E-state index in [0.29, 0.717) is 6.04 Å². The largest absolute Gasteiger partial charge is 0.377 e. The molecule has 0 aliphatic heterocycles. The average Bonchev–Trinajstić information content (AvgIpc) is 2.75. The third-order valence-corrected chi connectivity index (χ3v) is 6.42. The Labute approximate surface area is 191 Å². The van der Waals surface area contributed by atoms with Crippen LogP contribution in [0.5, 0.6) is 0 Å². The Balaban J connectivity index is 1.37. The lowest BCUT2D eigenvalue weighted by molar-refractivity contribution is 0.0926. The molecule has 1 saturated carbocycles. The van der Waals surface area contributed by atoms with Gasteiger partial charge in [-0.15, -0.1) is 0 Å². The third kappa shape index (κ3) is 4.86. The maximum Gasteiger partial charge on any atom is 0.251 e. The number of carbonyl (C=O) groups excluding carboxylic acids is 1. The van der Waals surface area contributed by atoms with Crippen LogP contribution in [0, 0.1) is 3.57 Å². The Bertz CT molecular complexity index is 1030. The average molecular weight is 514 g/mol. The minimum absolute atomic E-state index is 0.0228. The van der Waals surface area contributed by atoms with Crippen LogP contribution in [0.3, 0.4) is 0 Å². The summed E-state index contributed by atoms with van der Waals surface area (Å²) in [6.07, 6.45) is 3.98. The number of anilines is 2. The predicted octanol–water partition coefficient (Wildman–Crippen LogP) is 5.06. The van der Waals surface area contributed by atoms with Gasteiger partial charge in [-0.1, -0.05) is 18.2 Å². The summed E-state index contributed by atoms with van der Waals surface area (Å²) in [5, 5.41) is 7.99. The van der Waals surface area contributed by atoms with Gasteiger partial charge in [0.05, 0.1) is 5.52 Å². The van der Waals surface area contributed by atoms with Gasteiger partial charge in [0.2, 0.25) is 0 Å². The molecule has 2 N–H and O–H groups in total. The molecule has 0 saturated heterocycles. The van der Waals surface area contributed by atoms with E-state index < -0.39 is 0 Å². The molecule has 0 radical (unpaired) electrons. The van der Waals surface area contributed by atoms with Gasteiger partial charge in [0.1, 0.15) is 5.82 Å². The first-order chi connectivity index (χ1) is 14.5. The molecule has 0 unspecified atom stereocenters. The van der Waals surface area contributed by atoms with Crippen molar-refractivity contribution in [2.45, 2.75) is 37.8 Å². The fourth-order valence-corrected chi connectivity index (χ4v) is 4.42. The number of amides is 1.